The average Bonchev–Trinajstić information content (AvgIpc) is 1.47. The summed E-state index contributed by atoms with van der Waals surface area (Å²) in [7, 11) is -12.4. The molecule has 0 spiro atoms. The van der Waals surface area contributed by atoms with Gasteiger partial charge in [-0.2, -0.15) is 0 Å². The molecule has 6 atom stereocenters. The second-order valence-electron chi connectivity index (χ2n) is 22.6. The lowest BCUT2D eigenvalue weighted by Crippen LogP contribution is -2.48. The number of benzene rings is 5. The third-order valence-corrected chi connectivity index (χ3v) is 23.9. The van der Waals surface area contributed by atoms with E-state index in [1.165, 1.54) is 41.9 Å². The number of likely N-dealkylation sites (N-methyl/N-ethyl adjacent to an activating group) is 2. The zero-order valence-corrected chi connectivity index (χ0v) is 58.1. The van der Waals surface area contributed by atoms with Crippen LogP contribution in [-0.2, 0) is 43.2 Å². The first-order valence-corrected chi connectivity index (χ1v) is 38.7. The number of nitrogens with one attached hydrogen (secondary N) is 6. The molecule has 3 aliphatic carbocycles. The van der Waals surface area contributed by atoms with Crippen LogP contribution < -0.4 is 35.9 Å². The zero-order valence-electron chi connectivity index (χ0n) is 51.0. The second-order valence-corrected chi connectivity index (χ2v) is 31.5. The normalized spacial score (nSPS) is 19.3. The summed E-state index contributed by atoms with van der Waals surface area (Å²) >= 11 is 22.4. The molecular formula is C63H74Cl3F3N12O6S6. The Balaban J connectivity index is 0.000000167. The van der Waals surface area contributed by atoms with Crippen molar-refractivity contribution < 1.29 is 38.4 Å². The fourth-order valence-corrected chi connectivity index (χ4v) is 18.3. The van der Waals surface area contributed by atoms with Gasteiger partial charge in [0.1, 0.15) is 32.1 Å². The largest absolute Gasteiger partial charge is 0.379 e. The minimum Gasteiger partial charge on any atom is -0.379 e. The molecule has 8 aromatic rings. The van der Waals surface area contributed by atoms with Crippen LogP contribution in [0.5, 0.6) is 0 Å². The van der Waals surface area contributed by atoms with Crippen molar-refractivity contribution in [3.8, 4) is 0 Å². The molecule has 3 aliphatic rings. The van der Waals surface area contributed by atoms with Crippen LogP contribution in [0.3, 0.4) is 0 Å². The van der Waals surface area contributed by atoms with E-state index >= 15 is 0 Å². The summed E-state index contributed by atoms with van der Waals surface area (Å²) in [5.41, 5.74) is 9.73. The molecular weight excluding hydrogens is 1380 g/mol. The van der Waals surface area contributed by atoms with Gasteiger partial charge in [-0.15, -0.1) is 34.0 Å². The number of aromatic nitrogens is 3. The van der Waals surface area contributed by atoms with Crippen molar-refractivity contribution in [3.05, 3.63) is 175 Å². The molecule has 0 bridgehead atoms. The van der Waals surface area contributed by atoms with Gasteiger partial charge in [-0.3, -0.25) is 24.0 Å². The molecule has 18 nitrogen and oxygen atoms in total. The molecule has 0 radical (unpaired) electrons. The molecule has 0 amide bonds. The van der Waals surface area contributed by atoms with E-state index in [2.05, 4.69) is 93.0 Å². The molecule has 3 fully saturated rings. The first kappa shape index (κ1) is 71.5. The van der Waals surface area contributed by atoms with Crippen molar-refractivity contribution in [2.75, 3.05) is 43.2 Å². The van der Waals surface area contributed by atoms with Gasteiger partial charge < -0.3 is 21.7 Å². The van der Waals surface area contributed by atoms with Crippen molar-refractivity contribution in [3.63, 3.8) is 0 Å². The molecule has 3 saturated carbocycles. The Morgan fingerprint density at radius 2 is 0.785 bits per heavy atom. The van der Waals surface area contributed by atoms with Crippen LogP contribution >= 0.6 is 68.8 Å². The molecule has 0 aliphatic heterocycles. The van der Waals surface area contributed by atoms with Gasteiger partial charge in [-0.1, -0.05) is 148 Å². The Morgan fingerprint density at radius 3 is 1.10 bits per heavy atom. The molecule has 0 unspecified atom stereocenters. The Hall–Kier alpha value is -5.82. The Morgan fingerprint density at radius 1 is 0.473 bits per heavy atom. The number of halogens is 6. The van der Waals surface area contributed by atoms with Crippen LogP contribution in [0.25, 0.3) is 0 Å². The van der Waals surface area contributed by atoms with Crippen LogP contribution in [-0.4, -0.2) is 99.3 Å². The molecule has 8 N–H and O–H groups in total. The molecule has 5 aromatic carbocycles. The van der Waals surface area contributed by atoms with E-state index in [1.807, 2.05) is 36.4 Å². The predicted molar refractivity (Wildman–Crippen MR) is 371 cm³/mol. The van der Waals surface area contributed by atoms with Crippen molar-refractivity contribution in [2.24, 2.45) is 5.73 Å². The molecule has 3 heterocycles. The van der Waals surface area contributed by atoms with E-state index in [4.69, 9.17) is 40.5 Å². The minimum atomic E-state index is -4.15. The van der Waals surface area contributed by atoms with Gasteiger partial charge in [0.05, 0.1) is 32.1 Å². The number of nitrogens with two attached hydrogens (primary N) is 1. The van der Waals surface area contributed by atoms with E-state index < -0.39 is 62.2 Å². The van der Waals surface area contributed by atoms with Gasteiger partial charge >= 0.3 is 0 Å². The summed E-state index contributed by atoms with van der Waals surface area (Å²) < 4.78 is 127. The standard InChI is InChI=1S/2C24H28ClFN4O2S2.C15H18ClFN4O2S2/c2*1-2-30(16-17-8-4-3-5-9-17)22-11-7-6-10-20(22)28-21-15-19(26)23(14-18(21)25)34(31,32)29-24-27-12-13-33-24;16-9-7-14(25(22,23)21-15-19-5-6-24-15)10(17)8-13(9)20-12-4-2-1-3-11(12)18/h2*3-5,8-9,12-15,20,22,28H,2,6-7,10-11,16H2,1H3,(H,27,29);5-8,11-12,20H,1-4,18H2,(H,19,21)/t2*20-,22-;11-,12-/m000/s1. The Kier molecular flexibility index (Phi) is 25.5. The highest BCUT2D eigenvalue weighted by atomic mass is 35.5. The van der Waals surface area contributed by atoms with Crippen molar-refractivity contribution in [2.45, 2.75) is 155 Å². The molecule has 11 rings (SSSR count). The number of rotatable bonds is 23. The number of hydrogen-bond acceptors (Lipinski definition) is 18. The molecule has 30 heteroatoms. The maximum Gasteiger partial charge on any atom is 0.266 e. The summed E-state index contributed by atoms with van der Waals surface area (Å²) in [5.74, 6) is -2.61. The van der Waals surface area contributed by atoms with E-state index in [9.17, 15) is 38.4 Å². The molecule has 500 valence electrons. The molecule has 3 aromatic heterocycles. The van der Waals surface area contributed by atoms with Gasteiger partial charge in [0.25, 0.3) is 30.1 Å². The van der Waals surface area contributed by atoms with E-state index in [0.29, 0.717) is 17.1 Å². The van der Waals surface area contributed by atoms with E-state index in [1.54, 1.807) is 16.1 Å². The molecule has 93 heavy (non-hydrogen) atoms. The smallest absolute Gasteiger partial charge is 0.266 e. The topological polar surface area (TPSA) is 246 Å². The number of thiazole rings is 3. The summed E-state index contributed by atoms with van der Waals surface area (Å²) in [6.07, 6.45) is 16.6. The second kappa shape index (κ2) is 33.2. The highest BCUT2D eigenvalue weighted by Crippen LogP contribution is 2.37. The molecule has 0 saturated heterocycles. The number of anilines is 6. The number of sulfonamides is 3. The Labute approximate surface area is 569 Å². The summed E-state index contributed by atoms with van der Waals surface area (Å²) in [6, 6.07) is 28.2. The van der Waals surface area contributed by atoms with Gasteiger partial charge in [-0.25, -0.2) is 53.4 Å². The SMILES string of the molecule is CCN(Cc1ccccc1)[C@H]1CCCC[C@@H]1Nc1cc(F)c(S(=O)(=O)Nc2nccs2)cc1Cl.CCN(Cc1ccccc1)[C@H]1CCCC[C@@H]1Nc1cc(F)c(S(=O)(=O)Nc2nccs2)cc1Cl.N[C@H]1CCCC[C@@H]1Nc1cc(F)c(S(=O)(=O)Nc2nccs2)cc1Cl. The number of hydrogen-bond donors (Lipinski definition) is 7. The van der Waals surface area contributed by atoms with Gasteiger partial charge in [0.15, 0.2) is 15.4 Å². The lowest BCUT2D eigenvalue weighted by Gasteiger charge is -2.40. The minimum absolute atomic E-state index is 0.0125. The fourth-order valence-electron chi connectivity index (χ4n) is 11.8. The van der Waals surface area contributed by atoms with Crippen LogP contribution in [0.15, 0.2) is 146 Å². The maximum atomic E-state index is 15.0. The van der Waals surface area contributed by atoms with Crippen molar-refractivity contribution >= 4 is 131 Å². The van der Waals surface area contributed by atoms with Crippen molar-refractivity contribution in [1.29, 1.82) is 0 Å². The Bertz CT molecular complexity index is 3860. The third kappa shape index (κ3) is 19.5. The summed E-state index contributed by atoms with van der Waals surface area (Å²) in [6.45, 7) is 7.75. The summed E-state index contributed by atoms with van der Waals surface area (Å²) in [4.78, 5) is 15.0. The lowest BCUT2D eigenvalue weighted by molar-refractivity contribution is 0.144. The summed E-state index contributed by atoms with van der Waals surface area (Å²) in [5, 5.41) is 15.8. The first-order valence-electron chi connectivity index (χ1n) is 30.5. The predicted octanol–water partition coefficient (Wildman–Crippen LogP) is 15.4. The fraction of sp³-hybridized carbons (Fsp3) is 0.381. The van der Waals surface area contributed by atoms with Crippen LogP contribution in [0, 0.1) is 17.5 Å². The first-order chi connectivity index (χ1) is 44.6. The van der Waals surface area contributed by atoms with Gasteiger partial charge in [0, 0.05) is 84.1 Å². The average molecular weight is 1450 g/mol. The lowest BCUT2D eigenvalue weighted by atomic mass is 9.88. The van der Waals surface area contributed by atoms with Crippen LogP contribution in [0.4, 0.5) is 45.6 Å². The van der Waals surface area contributed by atoms with E-state index in [-0.39, 0.29) is 66.7 Å². The van der Waals surface area contributed by atoms with Crippen molar-refractivity contribution in [1.82, 2.24) is 24.8 Å². The number of nitrogens with zero attached hydrogens (tertiary/aromatic N) is 5. The monoisotopic (exact) mass is 1450 g/mol. The highest BCUT2D eigenvalue weighted by Gasteiger charge is 2.34. The maximum absolute atomic E-state index is 15.0. The van der Waals surface area contributed by atoms with Gasteiger partial charge in [0.2, 0.25) is 0 Å². The zero-order chi connectivity index (χ0) is 66.3. The van der Waals surface area contributed by atoms with E-state index in [0.717, 1.165) is 162 Å². The van der Waals surface area contributed by atoms with Crippen LogP contribution in [0.2, 0.25) is 15.1 Å². The highest BCUT2D eigenvalue weighted by molar-refractivity contribution is 7.93. The third-order valence-electron chi connectivity index (χ3n) is 16.4. The quantitative estimate of drug-likeness (QED) is 0.0315. The van der Waals surface area contributed by atoms with Gasteiger partial charge in [-0.05, 0) is 99.1 Å². The van der Waals surface area contributed by atoms with Crippen LogP contribution in [0.1, 0.15) is 102 Å².